The number of rotatable bonds is 5. The molecule has 3 N–H and O–H groups in total. The summed E-state index contributed by atoms with van der Waals surface area (Å²) < 4.78 is 5.05. The van der Waals surface area contributed by atoms with Crippen LogP contribution in [-0.4, -0.2) is 22.9 Å². The van der Waals surface area contributed by atoms with Gasteiger partial charge in [-0.05, 0) is 38.1 Å². The summed E-state index contributed by atoms with van der Waals surface area (Å²) >= 11 is 0. The first-order chi connectivity index (χ1) is 11.8. The van der Waals surface area contributed by atoms with E-state index < -0.39 is 28.6 Å². The number of amides is 1. The van der Waals surface area contributed by atoms with E-state index in [-0.39, 0.29) is 11.3 Å². The zero-order valence-electron chi connectivity index (χ0n) is 13.7. The van der Waals surface area contributed by atoms with Crippen LogP contribution in [0.25, 0.3) is 0 Å². The molecule has 1 atom stereocenters. The lowest BCUT2D eigenvalue weighted by Crippen LogP contribution is -2.30. The minimum absolute atomic E-state index is 0.0594. The third-order valence-corrected chi connectivity index (χ3v) is 3.43. The molecule has 1 amide bonds. The lowest BCUT2D eigenvalue weighted by atomic mass is 10.2. The summed E-state index contributed by atoms with van der Waals surface area (Å²) in [5, 5.41) is 13.5. The molecule has 25 heavy (non-hydrogen) atoms. The number of nitro benzene ring substituents is 1. The minimum Gasteiger partial charge on any atom is -0.449 e. The fraction of sp³-hybridized carbons (Fsp3) is 0.176. The number of hydrogen-bond acceptors (Lipinski definition) is 6. The SMILES string of the molecule is Cc1ccc(NC(=O)[C@H](C)OC(=O)c2ccc(N)c([N+](=O)[O-])c2)cc1. The fourth-order valence-corrected chi connectivity index (χ4v) is 1.99. The predicted octanol–water partition coefficient (Wildman–Crippen LogP) is 2.67. The van der Waals surface area contributed by atoms with Gasteiger partial charge in [-0.1, -0.05) is 17.7 Å². The molecule has 2 aromatic rings. The molecule has 0 unspecified atom stereocenters. The van der Waals surface area contributed by atoms with Crippen LogP contribution in [0.15, 0.2) is 42.5 Å². The van der Waals surface area contributed by atoms with E-state index in [9.17, 15) is 19.7 Å². The van der Waals surface area contributed by atoms with Crippen molar-refractivity contribution in [2.24, 2.45) is 0 Å². The van der Waals surface area contributed by atoms with Gasteiger partial charge >= 0.3 is 5.97 Å². The topological polar surface area (TPSA) is 125 Å². The zero-order valence-corrected chi connectivity index (χ0v) is 13.7. The highest BCUT2D eigenvalue weighted by Gasteiger charge is 2.21. The zero-order chi connectivity index (χ0) is 18.6. The summed E-state index contributed by atoms with van der Waals surface area (Å²) in [6, 6.07) is 10.7. The van der Waals surface area contributed by atoms with Gasteiger partial charge < -0.3 is 15.8 Å². The van der Waals surface area contributed by atoms with Crippen molar-refractivity contribution in [2.45, 2.75) is 20.0 Å². The highest BCUT2D eigenvalue weighted by Crippen LogP contribution is 2.23. The van der Waals surface area contributed by atoms with Crippen molar-refractivity contribution in [3.05, 3.63) is 63.7 Å². The fourth-order valence-electron chi connectivity index (χ4n) is 1.99. The molecule has 0 spiro atoms. The van der Waals surface area contributed by atoms with Gasteiger partial charge in [0.2, 0.25) is 0 Å². The minimum atomic E-state index is -1.08. The van der Waals surface area contributed by atoms with Crippen molar-refractivity contribution in [1.29, 1.82) is 0 Å². The largest absolute Gasteiger partial charge is 0.449 e. The standard InChI is InChI=1S/C17H17N3O5/c1-10-3-6-13(7-4-10)19-16(21)11(2)25-17(22)12-5-8-14(18)15(9-12)20(23)24/h3-9,11H,18H2,1-2H3,(H,19,21)/t11-/m0/s1. The Hall–Kier alpha value is -3.42. The van der Waals surface area contributed by atoms with E-state index in [1.165, 1.54) is 19.1 Å². The third kappa shape index (κ3) is 4.54. The molecule has 2 rings (SSSR count). The summed E-state index contributed by atoms with van der Waals surface area (Å²) in [5.41, 5.74) is 6.57. The Balaban J connectivity index is 2.04. The van der Waals surface area contributed by atoms with Gasteiger partial charge in [-0.2, -0.15) is 0 Å². The van der Waals surface area contributed by atoms with Gasteiger partial charge in [-0.25, -0.2) is 4.79 Å². The van der Waals surface area contributed by atoms with Crippen molar-refractivity contribution >= 4 is 28.9 Å². The number of nitrogens with zero attached hydrogens (tertiary/aromatic N) is 1. The van der Waals surface area contributed by atoms with Crippen LogP contribution in [0.3, 0.4) is 0 Å². The highest BCUT2D eigenvalue weighted by molar-refractivity contribution is 5.97. The number of hydrogen-bond donors (Lipinski definition) is 2. The average Bonchev–Trinajstić information content (AvgIpc) is 2.56. The molecular weight excluding hydrogens is 326 g/mol. The lowest BCUT2D eigenvalue weighted by Gasteiger charge is -2.13. The molecular formula is C17H17N3O5. The van der Waals surface area contributed by atoms with Crippen molar-refractivity contribution in [2.75, 3.05) is 11.1 Å². The average molecular weight is 343 g/mol. The van der Waals surface area contributed by atoms with Gasteiger partial charge in [0, 0.05) is 11.8 Å². The van der Waals surface area contributed by atoms with E-state index in [2.05, 4.69) is 5.32 Å². The van der Waals surface area contributed by atoms with Crippen LogP contribution in [0.4, 0.5) is 17.1 Å². The molecule has 0 aromatic heterocycles. The van der Waals surface area contributed by atoms with E-state index >= 15 is 0 Å². The summed E-state index contributed by atoms with van der Waals surface area (Å²) in [6.45, 7) is 3.33. The molecule has 130 valence electrons. The van der Waals surface area contributed by atoms with Crippen LogP contribution in [-0.2, 0) is 9.53 Å². The molecule has 8 nitrogen and oxygen atoms in total. The van der Waals surface area contributed by atoms with Gasteiger partial charge in [0.05, 0.1) is 10.5 Å². The van der Waals surface area contributed by atoms with Crippen molar-refractivity contribution in [3.63, 3.8) is 0 Å². The molecule has 0 fully saturated rings. The summed E-state index contributed by atoms with van der Waals surface area (Å²) in [6.07, 6.45) is -1.08. The van der Waals surface area contributed by atoms with Crippen molar-refractivity contribution in [3.8, 4) is 0 Å². The number of nitrogen functional groups attached to an aromatic ring is 1. The van der Waals surface area contributed by atoms with Crippen LogP contribution in [0.1, 0.15) is 22.8 Å². The molecule has 0 saturated carbocycles. The molecule has 0 aliphatic rings. The molecule has 0 radical (unpaired) electrons. The Kier molecular flexibility index (Phi) is 5.33. The number of aryl methyl sites for hydroxylation is 1. The van der Waals surface area contributed by atoms with Crippen LogP contribution >= 0.6 is 0 Å². The quantitative estimate of drug-likeness (QED) is 0.372. The first-order valence-corrected chi connectivity index (χ1v) is 7.40. The number of benzene rings is 2. The second-order valence-corrected chi connectivity index (χ2v) is 5.43. The van der Waals surface area contributed by atoms with Gasteiger partial charge in [0.1, 0.15) is 5.69 Å². The van der Waals surface area contributed by atoms with Crippen molar-refractivity contribution < 1.29 is 19.2 Å². The second kappa shape index (κ2) is 7.43. The lowest BCUT2D eigenvalue weighted by molar-refractivity contribution is -0.383. The highest BCUT2D eigenvalue weighted by atomic mass is 16.6. The number of nitrogens with two attached hydrogens (primary N) is 1. The van der Waals surface area contributed by atoms with Gasteiger partial charge in [-0.3, -0.25) is 14.9 Å². The number of ether oxygens (including phenoxy) is 1. The number of esters is 1. The van der Waals surface area contributed by atoms with E-state index in [0.717, 1.165) is 11.6 Å². The van der Waals surface area contributed by atoms with Gasteiger partial charge in [-0.15, -0.1) is 0 Å². The van der Waals surface area contributed by atoms with E-state index in [0.29, 0.717) is 5.69 Å². The first kappa shape index (κ1) is 17.9. The Labute approximate surface area is 143 Å². The summed E-state index contributed by atoms with van der Waals surface area (Å²) in [4.78, 5) is 34.3. The Morgan fingerprint density at radius 3 is 2.44 bits per heavy atom. The normalized spacial score (nSPS) is 11.4. The number of carbonyl (C=O) groups is 2. The maximum Gasteiger partial charge on any atom is 0.339 e. The van der Waals surface area contributed by atoms with Crippen LogP contribution in [0, 0.1) is 17.0 Å². The molecule has 0 aliphatic carbocycles. The van der Waals surface area contributed by atoms with E-state index in [4.69, 9.17) is 10.5 Å². The molecule has 0 heterocycles. The van der Waals surface area contributed by atoms with Crippen LogP contribution in [0.2, 0.25) is 0 Å². The Morgan fingerprint density at radius 2 is 1.84 bits per heavy atom. The number of anilines is 2. The molecule has 0 saturated heterocycles. The predicted molar refractivity (Wildman–Crippen MR) is 92.2 cm³/mol. The molecule has 0 bridgehead atoms. The summed E-state index contributed by atoms with van der Waals surface area (Å²) in [5.74, 6) is -1.36. The van der Waals surface area contributed by atoms with E-state index in [1.54, 1.807) is 12.1 Å². The van der Waals surface area contributed by atoms with Crippen molar-refractivity contribution in [1.82, 2.24) is 0 Å². The van der Waals surface area contributed by atoms with Crippen LogP contribution < -0.4 is 11.1 Å². The monoisotopic (exact) mass is 343 g/mol. The first-order valence-electron chi connectivity index (χ1n) is 7.40. The van der Waals surface area contributed by atoms with E-state index in [1.807, 2.05) is 19.1 Å². The summed E-state index contributed by atoms with van der Waals surface area (Å²) in [7, 11) is 0. The number of carbonyl (C=O) groups excluding carboxylic acids is 2. The van der Waals surface area contributed by atoms with Crippen LogP contribution in [0.5, 0.6) is 0 Å². The molecule has 2 aromatic carbocycles. The number of nitro groups is 1. The van der Waals surface area contributed by atoms with Gasteiger partial charge in [0.15, 0.2) is 6.10 Å². The Bertz CT molecular complexity index is 818. The smallest absolute Gasteiger partial charge is 0.339 e. The maximum absolute atomic E-state index is 12.1. The maximum atomic E-state index is 12.1. The number of nitrogens with one attached hydrogen (secondary N) is 1. The van der Waals surface area contributed by atoms with Gasteiger partial charge in [0.25, 0.3) is 11.6 Å². The molecule has 8 heteroatoms. The molecule has 0 aliphatic heterocycles. The second-order valence-electron chi connectivity index (χ2n) is 5.43. The third-order valence-electron chi connectivity index (χ3n) is 3.43. The Morgan fingerprint density at radius 1 is 1.20 bits per heavy atom.